The van der Waals surface area contributed by atoms with Gasteiger partial charge in [0.1, 0.15) is 0 Å². The molecule has 0 saturated carbocycles. The fraction of sp³-hybridized carbons (Fsp3) is 1.00. The molecule has 0 heterocycles. The maximum atomic E-state index is 8.77. The van der Waals surface area contributed by atoms with Crippen molar-refractivity contribution in [1.82, 2.24) is 9.55 Å². The van der Waals surface area contributed by atoms with Gasteiger partial charge in [-0.3, -0.25) is 0 Å². The number of hydrogen-bond acceptors (Lipinski definition) is 3. The van der Waals surface area contributed by atoms with E-state index in [1.54, 1.807) is 0 Å². The summed E-state index contributed by atoms with van der Waals surface area (Å²) >= 11 is 2.35. The van der Waals surface area contributed by atoms with E-state index in [0.29, 0.717) is 12.0 Å². The zero-order chi connectivity index (χ0) is 9.40. The van der Waals surface area contributed by atoms with Crippen molar-refractivity contribution in [3.63, 3.8) is 0 Å². The fourth-order valence-electron chi connectivity index (χ4n) is 0.990. The third-order valence-corrected chi connectivity index (χ3v) is 2.12. The van der Waals surface area contributed by atoms with E-state index in [1.165, 1.54) is 0 Å². The molecule has 0 fully saturated rings. The molecule has 0 bridgehead atoms. The maximum absolute atomic E-state index is 8.77. The van der Waals surface area contributed by atoms with E-state index in [0.717, 1.165) is 19.5 Å². The third kappa shape index (κ3) is 7.11. The van der Waals surface area contributed by atoms with E-state index in [2.05, 4.69) is 40.5 Å². The van der Waals surface area contributed by atoms with Gasteiger partial charge in [-0.15, -0.1) is 0 Å². The molecule has 0 rings (SSSR count). The van der Waals surface area contributed by atoms with Crippen molar-refractivity contribution in [3.05, 3.63) is 0 Å². The summed E-state index contributed by atoms with van der Waals surface area (Å²) in [5.41, 5.74) is 0. The second-order valence-electron chi connectivity index (χ2n) is 3.30. The van der Waals surface area contributed by atoms with Crippen molar-refractivity contribution in [2.45, 2.75) is 26.3 Å². The summed E-state index contributed by atoms with van der Waals surface area (Å²) in [6, 6.07) is 0.525. The second kappa shape index (κ2) is 8.06. The zero-order valence-electron chi connectivity index (χ0n) is 7.88. The fourth-order valence-corrected chi connectivity index (χ4v) is 1.53. The summed E-state index contributed by atoms with van der Waals surface area (Å²) in [6.07, 6.45) is 0.866. The predicted molar refractivity (Wildman–Crippen MR) is 52.1 cm³/mol. The molecule has 4 heteroatoms. The van der Waals surface area contributed by atoms with Crippen LogP contribution in [0.4, 0.5) is 0 Å². The molecule has 12 heavy (non-hydrogen) atoms. The molecule has 3 N–H and O–H groups in total. The van der Waals surface area contributed by atoms with Gasteiger partial charge in [0, 0.05) is 0 Å². The predicted octanol–water partition coefficient (Wildman–Crippen LogP) is -0.344. The number of aliphatic hydroxyl groups is 1. The first-order valence-corrected chi connectivity index (χ1v) is 5.35. The zero-order valence-corrected chi connectivity index (χ0v) is 9.75. The van der Waals surface area contributed by atoms with Crippen molar-refractivity contribution < 1.29 is 5.11 Å². The van der Waals surface area contributed by atoms with Crippen molar-refractivity contribution in [3.8, 4) is 0 Å². The van der Waals surface area contributed by atoms with Crippen molar-refractivity contribution in [2.75, 3.05) is 19.7 Å². The quantitative estimate of drug-likeness (QED) is 0.528. The molecular formula is C8H19AsN2O. The van der Waals surface area contributed by atoms with Gasteiger partial charge >= 0.3 is 83.7 Å². The van der Waals surface area contributed by atoms with E-state index in [9.17, 15) is 0 Å². The molecule has 0 spiro atoms. The summed E-state index contributed by atoms with van der Waals surface area (Å²) in [5.74, 6) is 0.528. The van der Waals surface area contributed by atoms with Gasteiger partial charge in [-0.05, 0) is 0 Å². The van der Waals surface area contributed by atoms with Gasteiger partial charge in [0.05, 0.1) is 0 Å². The van der Waals surface area contributed by atoms with Gasteiger partial charge in [0.25, 0.3) is 0 Å². The summed E-state index contributed by atoms with van der Waals surface area (Å²) < 4.78 is 3.06. The van der Waals surface area contributed by atoms with Crippen LogP contribution in [0.25, 0.3) is 0 Å². The first kappa shape index (κ1) is 12.4. The molecule has 1 atom stereocenters. The van der Waals surface area contributed by atoms with E-state index in [4.69, 9.17) is 5.11 Å². The molecular weight excluding hydrogens is 215 g/mol. The standard InChI is InChI=1S/C8H19AsN2O/c1-7(2)10-5-8(3-4-12)6-11-9/h7-8,10-12H,3-6H2,1-2H3. The van der Waals surface area contributed by atoms with Crippen molar-refractivity contribution in [2.24, 2.45) is 5.92 Å². The number of aliphatic hydroxyl groups excluding tert-OH is 1. The summed E-state index contributed by atoms with van der Waals surface area (Å²) in [4.78, 5) is 0. The molecule has 0 aromatic rings. The second-order valence-corrected chi connectivity index (χ2v) is 3.97. The van der Waals surface area contributed by atoms with Crippen LogP contribution in [-0.2, 0) is 0 Å². The molecule has 2 radical (unpaired) electrons. The van der Waals surface area contributed by atoms with Crippen LogP contribution in [0.1, 0.15) is 20.3 Å². The molecule has 3 nitrogen and oxygen atoms in total. The van der Waals surface area contributed by atoms with Crippen molar-refractivity contribution >= 4 is 17.1 Å². The molecule has 0 aromatic carbocycles. The Morgan fingerprint density at radius 2 is 2.00 bits per heavy atom. The van der Waals surface area contributed by atoms with Crippen molar-refractivity contribution in [1.29, 1.82) is 0 Å². The molecule has 72 valence electrons. The molecule has 0 aromatic heterocycles. The Bertz CT molecular complexity index is 95.1. The van der Waals surface area contributed by atoms with Crippen LogP contribution in [0, 0.1) is 5.92 Å². The topological polar surface area (TPSA) is 44.3 Å². The van der Waals surface area contributed by atoms with Gasteiger partial charge in [0.15, 0.2) is 0 Å². The Morgan fingerprint density at radius 1 is 1.33 bits per heavy atom. The van der Waals surface area contributed by atoms with E-state index in [1.807, 2.05) is 0 Å². The Hall–Kier alpha value is 0.438. The van der Waals surface area contributed by atoms with Gasteiger partial charge < -0.3 is 0 Å². The third-order valence-electron chi connectivity index (χ3n) is 1.73. The molecule has 0 aliphatic rings. The average molecular weight is 234 g/mol. The SMILES string of the molecule is CC(C)NCC(CCO)CN[As]. The van der Waals surface area contributed by atoms with E-state index in [-0.39, 0.29) is 6.61 Å². The van der Waals surface area contributed by atoms with Crippen LogP contribution < -0.4 is 9.55 Å². The van der Waals surface area contributed by atoms with Crippen LogP contribution in [0.5, 0.6) is 0 Å². The van der Waals surface area contributed by atoms with Crippen LogP contribution in [0.2, 0.25) is 0 Å². The van der Waals surface area contributed by atoms with E-state index >= 15 is 0 Å². The van der Waals surface area contributed by atoms with Crippen LogP contribution in [0.15, 0.2) is 0 Å². The molecule has 0 aliphatic heterocycles. The first-order valence-electron chi connectivity index (χ1n) is 4.42. The van der Waals surface area contributed by atoms with Crippen LogP contribution in [-0.4, -0.2) is 47.9 Å². The molecule has 0 saturated heterocycles. The monoisotopic (exact) mass is 234 g/mol. The van der Waals surface area contributed by atoms with E-state index < -0.39 is 0 Å². The van der Waals surface area contributed by atoms with Gasteiger partial charge in [-0.2, -0.15) is 0 Å². The minimum absolute atomic E-state index is 0.277. The number of hydrogen-bond donors (Lipinski definition) is 3. The molecule has 1 unspecified atom stereocenters. The summed E-state index contributed by atoms with van der Waals surface area (Å²) in [5, 5.41) is 12.1. The number of nitrogens with one attached hydrogen (secondary N) is 2. The average Bonchev–Trinajstić information content (AvgIpc) is 2.01. The van der Waals surface area contributed by atoms with Crippen LogP contribution >= 0.6 is 0 Å². The minimum atomic E-state index is 0.277. The molecule has 0 amide bonds. The first-order chi connectivity index (χ1) is 5.70. The number of rotatable bonds is 7. The Balaban J connectivity index is 3.48. The van der Waals surface area contributed by atoms with Crippen LogP contribution in [0.3, 0.4) is 0 Å². The Labute approximate surface area is 84.0 Å². The Morgan fingerprint density at radius 3 is 2.42 bits per heavy atom. The van der Waals surface area contributed by atoms with Gasteiger partial charge in [0.2, 0.25) is 0 Å². The molecule has 0 aliphatic carbocycles. The van der Waals surface area contributed by atoms with Gasteiger partial charge in [-0.1, -0.05) is 0 Å². The summed E-state index contributed by atoms with van der Waals surface area (Å²) in [6.45, 7) is 6.46. The Kier molecular flexibility index (Phi) is 8.35. The normalized spacial score (nSPS) is 13.8. The summed E-state index contributed by atoms with van der Waals surface area (Å²) in [7, 11) is 0. The van der Waals surface area contributed by atoms with Gasteiger partial charge in [-0.25, -0.2) is 0 Å².